The first-order valence-electron chi connectivity index (χ1n) is 11.5. The first kappa shape index (κ1) is 25.4. The zero-order valence-corrected chi connectivity index (χ0v) is 19.8. The number of H-pyrrole nitrogens is 1. The Labute approximate surface area is 201 Å². The molecule has 0 spiro atoms. The van der Waals surface area contributed by atoms with Gasteiger partial charge in [0.25, 0.3) is 0 Å². The smallest absolute Gasteiger partial charge is 0.395 e. The maximum atomic E-state index is 13.4. The number of alkyl halides is 3. The van der Waals surface area contributed by atoms with Crippen LogP contribution in [0.3, 0.4) is 0 Å². The fraction of sp³-hybridized carbons (Fsp3) is 0.400. The number of sulfonamides is 1. The molecule has 4 rings (SSSR count). The van der Waals surface area contributed by atoms with Crippen LogP contribution in [0.4, 0.5) is 13.2 Å². The van der Waals surface area contributed by atoms with Gasteiger partial charge >= 0.3 is 6.18 Å². The van der Waals surface area contributed by atoms with Crippen molar-refractivity contribution in [3.8, 4) is 0 Å². The van der Waals surface area contributed by atoms with Gasteiger partial charge in [0, 0.05) is 29.6 Å². The normalized spacial score (nSPS) is 15.7. The molecule has 0 bridgehead atoms. The average Bonchev–Trinajstić information content (AvgIpc) is 2.82. The lowest BCUT2D eigenvalue weighted by atomic mass is 9.95. The lowest BCUT2D eigenvalue weighted by molar-refractivity contribution is -0.136. The summed E-state index contributed by atoms with van der Waals surface area (Å²) in [5.41, 5.74) is -0.395. The number of hydrogen-bond donors (Lipinski definition) is 2. The molecule has 0 atom stereocenters. The van der Waals surface area contributed by atoms with Crippen molar-refractivity contribution in [2.75, 3.05) is 13.2 Å². The van der Waals surface area contributed by atoms with Gasteiger partial charge in [-0.15, -0.1) is 0 Å². The van der Waals surface area contributed by atoms with Crippen LogP contribution >= 0.6 is 0 Å². The molecule has 2 N–H and O–H groups in total. The molecule has 0 aliphatic heterocycles. The van der Waals surface area contributed by atoms with Gasteiger partial charge in [-0.05, 0) is 54.7 Å². The van der Waals surface area contributed by atoms with Gasteiger partial charge in [-0.1, -0.05) is 37.5 Å². The van der Waals surface area contributed by atoms with E-state index in [9.17, 15) is 31.5 Å². The quantitative estimate of drug-likeness (QED) is 0.493. The Morgan fingerprint density at radius 1 is 0.971 bits per heavy atom. The van der Waals surface area contributed by atoms with Crippen molar-refractivity contribution < 1.29 is 26.7 Å². The third-order valence-electron chi connectivity index (χ3n) is 6.45. The topological polar surface area (TPSA) is 90.5 Å². The molecule has 35 heavy (non-hydrogen) atoms. The summed E-state index contributed by atoms with van der Waals surface area (Å²) < 4.78 is 68.3. The zero-order chi connectivity index (χ0) is 25.2. The summed E-state index contributed by atoms with van der Waals surface area (Å²) in [7, 11) is -3.79. The molecule has 1 heterocycles. The molecule has 1 aliphatic carbocycles. The summed E-state index contributed by atoms with van der Waals surface area (Å²) in [6, 6.07) is 11.2. The van der Waals surface area contributed by atoms with Gasteiger partial charge in [-0.25, -0.2) is 8.42 Å². The SMILES string of the molecule is O=c1cc(C(F)(F)F)c2cc(Cc3ccc(S(=O)(=O)N(CCO)C4CCCCC4)cc3)ccc2[nH]1. The van der Waals surface area contributed by atoms with Crippen LogP contribution in [0.15, 0.2) is 58.2 Å². The molecule has 3 aromatic rings. The number of aliphatic hydroxyl groups is 1. The Kier molecular flexibility index (Phi) is 7.35. The van der Waals surface area contributed by atoms with Gasteiger partial charge in [0.05, 0.1) is 17.1 Å². The Hall–Kier alpha value is -2.69. The molecule has 0 amide bonds. The van der Waals surface area contributed by atoms with Gasteiger partial charge in [-0.2, -0.15) is 17.5 Å². The first-order valence-corrected chi connectivity index (χ1v) is 13.0. The van der Waals surface area contributed by atoms with E-state index in [0.29, 0.717) is 11.6 Å². The zero-order valence-electron chi connectivity index (χ0n) is 19.0. The van der Waals surface area contributed by atoms with Crippen LogP contribution in [0.2, 0.25) is 0 Å². The molecule has 0 radical (unpaired) electrons. The second kappa shape index (κ2) is 10.1. The van der Waals surface area contributed by atoms with Crippen molar-refractivity contribution in [3.05, 3.63) is 75.6 Å². The second-order valence-corrected chi connectivity index (χ2v) is 10.8. The van der Waals surface area contributed by atoms with E-state index < -0.39 is 27.3 Å². The summed E-state index contributed by atoms with van der Waals surface area (Å²) in [4.78, 5) is 14.1. The maximum Gasteiger partial charge on any atom is 0.417 e. The van der Waals surface area contributed by atoms with E-state index in [1.54, 1.807) is 18.2 Å². The van der Waals surface area contributed by atoms with Crippen molar-refractivity contribution in [1.29, 1.82) is 0 Å². The summed E-state index contributed by atoms with van der Waals surface area (Å²) in [6.45, 7) is -0.226. The molecule has 1 fully saturated rings. The number of aromatic amines is 1. The highest BCUT2D eigenvalue weighted by atomic mass is 32.2. The predicted molar refractivity (Wildman–Crippen MR) is 127 cm³/mol. The molecule has 0 saturated heterocycles. The van der Waals surface area contributed by atoms with E-state index in [1.165, 1.54) is 28.6 Å². The number of hydrogen-bond acceptors (Lipinski definition) is 4. The lowest BCUT2D eigenvalue weighted by Crippen LogP contribution is -2.43. The largest absolute Gasteiger partial charge is 0.417 e. The average molecular weight is 509 g/mol. The summed E-state index contributed by atoms with van der Waals surface area (Å²) in [5.74, 6) is 0. The molecular weight excluding hydrogens is 481 g/mol. The molecule has 6 nitrogen and oxygen atoms in total. The van der Waals surface area contributed by atoms with E-state index >= 15 is 0 Å². The number of aromatic nitrogens is 1. The minimum absolute atomic E-state index is 0.0372. The molecule has 1 aromatic heterocycles. The van der Waals surface area contributed by atoms with Crippen molar-refractivity contribution in [3.63, 3.8) is 0 Å². The number of rotatable bonds is 7. The first-order chi connectivity index (χ1) is 16.6. The summed E-state index contributed by atoms with van der Waals surface area (Å²) >= 11 is 0. The number of fused-ring (bicyclic) bond motifs is 1. The molecule has 1 saturated carbocycles. The molecular formula is C25H27F3N2O4S. The highest BCUT2D eigenvalue weighted by Gasteiger charge is 2.34. The van der Waals surface area contributed by atoms with Crippen LogP contribution in [-0.4, -0.2) is 42.0 Å². The maximum absolute atomic E-state index is 13.4. The van der Waals surface area contributed by atoms with Gasteiger partial charge < -0.3 is 10.1 Å². The third-order valence-corrected chi connectivity index (χ3v) is 8.42. The lowest BCUT2D eigenvalue weighted by Gasteiger charge is -2.33. The van der Waals surface area contributed by atoms with E-state index in [-0.39, 0.29) is 41.4 Å². The van der Waals surface area contributed by atoms with E-state index in [0.717, 1.165) is 37.7 Å². The summed E-state index contributed by atoms with van der Waals surface area (Å²) in [5, 5.41) is 9.35. The molecule has 10 heteroatoms. The van der Waals surface area contributed by atoms with Crippen LogP contribution in [0.1, 0.15) is 48.8 Å². The molecule has 2 aromatic carbocycles. The van der Waals surface area contributed by atoms with E-state index in [1.807, 2.05) is 0 Å². The minimum atomic E-state index is -4.67. The number of halogens is 3. The van der Waals surface area contributed by atoms with Gasteiger partial charge in [-0.3, -0.25) is 4.79 Å². The number of nitrogens with zero attached hydrogens (tertiary/aromatic N) is 1. The van der Waals surface area contributed by atoms with Crippen LogP contribution in [0, 0.1) is 0 Å². The van der Waals surface area contributed by atoms with E-state index in [4.69, 9.17) is 0 Å². The van der Waals surface area contributed by atoms with Crippen molar-refractivity contribution in [2.45, 2.75) is 55.6 Å². The van der Waals surface area contributed by atoms with Crippen LogP contribution in [0.25, 0.3) is 10.9 Å². The number of nitrogens with one attached hydrogen (secondary N) is 1. The highest BCUT2D eigenvalue weighted by molar-refractivity contribution is 7.89. The highest BCUT2D eigenvalue weighted by Crippen LogP contribution is 2.34. The van der Waals surface area contributed by atoms with Crippen molar-refractivity contribution in [2.24, 2.45) is 0 Å². The van der Waals surface area contributed by atoms with Crippen LogP contribution < -0.4 is 5.56 Å². The summed E-state index contributed by atoms with van der Waals surface area (Å²) in [6.07, 6.45) is 0.144. The number of pyridine rings is 1. The van der Waals surface area contributed by atoms with Crippen molar-refractivity contribution >= 4 is 20.9 Å². The Bertz CT molecular complexity index is 1350. The number of benzene rings is 2. The van der Waals surface area contributed by atoms with E-state index in [2.05, 4.69) is 4.98 Å². The fourth-order valence-electron chi connectivity index (χ4n) is 4.76. The molecule has 0 unspecified atom stereocenters. The van der Waals surface area contributed by atoms with Crippen LogP contribution in [-0.2, 0) is 22.6 Å². The standard InChI is InChI=1S/C25H27F3N2O4S/c26-25(27,28)22-16-24(32)29-23-11-8-18(15-21(22)23)14-17-6-9-20(10-7-17)35(33,34)30(12-13-31)19-4-2-1-3-5-19/h6-11,15-16,19,31H,1-5,12-14H2,(H,29,32). The minimum Gasteiger partial charge on any atom is -0.395 e. The Morgan fingerprint density at radius 2 is 1.63 bits per heavy atom. The third kappa shape index (κ3) is 5.60. The molecule has 188 valence electrons. The number of aliphatic hydroxyl groups excluding tert-OH is 1. The Morgan fingerprint density at radius 3 is 2.26 bits per heavy atom. The Balaban J connectivity index is 1.59. The second-order valence-electron chi connectivity index (χ2n) is 8.88. The van der Waals surface area contributed by atoms with Crippen molar-refractivity contribution in [1.82, 2.24) is 9.29 Å². The fourth-order valence-corrected chi connectivity index (χ4v) is 6.44. The van der Waals surface area contributed by atoms with Gasteiger partial charge in [0.15, 0.2) is 0 Å². The van der Waals surface area contributed by atoms with Gasteiger partial charge in [0.1, 0.15) is 0 Å². The monoisotopic (exact) mass is 508 g/mol. The van der Waals surface area contributed by atoms with Crippen LogP contribution in [0.5, 0.6) is 0 Å². The van der Waals surface area contributed by atoms with Gasteiger partial charge in [0.2, 0.25) is 15.6 Å². The predicted octanol–water partition coefficient (Wildman–Crippen LogP) is 4.45. The molecule has 1 aliphatic rings.